The van der Waals surface area contributed by atoms with E-state index >= 15 is 0 Å². The second kappa shape index (κ2) is 6.53. The van der Waals surface area contributed by atoms with Gasteiger partial charge in [0.1, 0.15) is 0 Å². The molecule has 2 unspecified atom stereocenters. The molecule has 102 valence electrons. The van der Waals surface area contributed by atoms with E-state index in [2.05, 4.69) is 20.8 Å². The van der Waals surface area contributed by atoms with Crippen molar-refractivity contribution < 1.29 is 9.47 Å². The maximum Gasteiger partial charge on any atom is 0.162 e. The predicted molar refractivity (Wildman–Crippen MR) is 77.2 cm³/mol. The van der Waals surface area contributed by atoms with Crippen LogP contribution in [-0.2, 0) is 0 Å². The summed E-state index contributed by atoms with van der Waals surface area (Å²) >= 11 is 12.8. The number of methoxy groups -OCH3 is 2. The van der Waals surface area contributed by atoms with Crippen LogP contribution >= 0.6 is 23.2 Å². The Morgan fingerprint density at radius 1 is 1.00 bits per heavy atom. The van der Waals surface area contributed by atoms with Crippen LogP contribution in [0.1, 0.15) is 31.7 Å². The van der Waals surface area contributed by atoms with Crippen LogP contribution in [-0.4, -0.2) is 14.2 Å². The molecule has 0 bridgehead atoms. The lowest BCUT2D eigenvalue weighted by atomic mass is 9.90. The van der Waals surface area contributed by atoms with Gasteiger partial charge in [0.05, 0.1) is 19.6 Å². The Kier molecular flexibility index (Phi) is 5.61. The molecule has 1 rings (SSSR count). The minimum atomic E-state index is -0.141. The summed E-state index contributed by atoms with van der Waals surface area (Å²) in [5, 5.41) is 0.470. The van der Waals surface area contributed by atoms with Crippen LogP contribution in [0.4, 0.5) is 0 Å². The van der Waals surface area contributed by atoms with E-state index in [0.717, 1.165) is 5.56 Å². The Morgan fingerprint density at radius 2 is 1.50 bits per heavy atom. The molecular weight excluding hydrogens is 271 g/mol. The van der Waals surface area contributed by atoms with Gasteiger partial charge in [-0.25, -0.2) is 0 Å². The lowest BCUT2D eigenvalue weighted by Gasteiger charge is -2.23. The SMILES string of the molecule is COc1cc(Cl)c(C(Cl)C(C)C(C)C)cc1OC. The molecule has 0 N–H and O–H groups in total. The van der Waals surface area contributed by atoms with Crippen molar-refractivity contribution in [2.45, 2.75) is 26.1 Å². The van der Waals surface area contributed by atoms with Crippen molar-refractivity contribution in [3.05, 3.63) is 22.7 Å². The van der Waals surface area contributed by atoms with Crippen LogP contribution in [0.15, 0.2) is 12.1 Å². The molecule has 0 aliphatic rings. The van der Waals surface area contributed by atoms with Crippen LogP contribution in [0.3, 0.4) is 0 Å². The van der Waals surface area contributed by atoms with Gasteiger partial charge in [0.15, 0.2) is 11.5 Å². The fraction of sp³-hybridized carbons (Fsp3) is 0.571. The number of hydrogen-bond donors (Lipinski definition) is 0. The zero-order chi connectivity index (χ0) is 13.9. The third-order valence-corrected chi connectivity index (χ3v) is 4.27. The smallest absolute Gasteiger partial charge is 0.162 e. The molecule has 0 aliphatic carbocycles. The highest BCUT2D eigenvalue weighted by atomic mass is 35.5. The van der Waals surface area contributed by atoms with Crippen molar-refractivity contribution in [1.29, 1.82) is 0 Å². The summed E-state index contributed by atoms with van der Waals surface area (Å²) in [6.07, 6.45) is 0. The molecule has 0 spiro atoms. The van der Waals surface area contributed by atoms with Crippen LogP contribution < -0.4 is 9.47 Å². The summed E-state index contributed by atoms with van der Waals surface area (Å²) in [5.41, 5.74) is 0.886. The number of rotatable bonds is 5. The highest BCUT2D eigenvalue weighted by Gasteiger charge is 2.23. The second-order valence-corrected chi connectivity index (χ2v) is 5.61. The Bertz CT molecular complexity index is 405. The monoisotopic (exact) mass is 290 g/mol. The van der Waals surface area contributed by atoms with Crippen molar-refractivity contribution >= 4 is 23.2 Å². The molecule has 0 radical (unpaired) electrons. The molecule has 18 heavy (non-hydrogen) atoms. The normalized spacial score (nSPS) is 14.4. The molecular formula is C14H20Cl2O2. The lowest BCUT2D eigenvalue weighted by molar-refractivity contribution is 0.353. The van der Waals surface area contributed by atoms with E-state index < -0.39 is 0 Å². The number of benzene rings is 1. The summed E-state index contributed by atoms with van der Waals surface area (Å²) in [6.45, 7) is 6.42. The van der Waals surface area contributed by atoms with Crippen LogP contribution in [0, 0.1) is 11.8 Å². The van der Waals surface area contributed by atoms with Gasteiger partial charge in [-0.2, -0.15) is 0 Å². The van der Waals surface area contributed by atoms with Crippen LogP contribution in [0.2, 0.25) is 5.02 Å². The number of hydrogen-bond acceptors (Lipinski definition) is 2. The zero-order valence-electron chi connectivity index (χ0n) is 11.5. The van der Waals surface area contributed by atoms with Gasteiger partial charge in [0.25, 0.3) is 0 Å². The molecule has 2 atom stereocenters. The van der Waals surface area contributed by atoms with Gasteiger partial charge in [-0.15, -0.1) is 11.6 Å². The van der Waals surface area contributed by atoms with Gasteiger partial charge >= 0.3 is 0 Å². The molecule has 0 heterocycles. The van der Waals surface area contributed by atoms with Gasteiger partial charge < -0.3 is 9.47 Å². The van der Waals surface area contributed by atoms with Gasteiger partial charge in [-0.05, 0) is 23.5 Å². The van der Waals surface area contributed by atoms with Crippen molar-refractivity contribution in [3.63, 3.8) is 0 Å². The molecule has 4 heteroatoms. The maximum atomic E-state index is 6.50. The van der Waals surface area contributed by atoms with E-state index in [1.165, 1.54) is 0 Å². The fourth-order valence-electron chi connectivity index (χ4n) is 1.70. The van der Waals surface area contributed by atoms with E-state index in [9.17, 15) is 0 Å². The molecule has 0 saturated carbocycles. The first-order chi connectivity index (χ1) is 8.42. The first-order valence-corrected chi connectivity index (χ1v) is 6.79. The third kappa shape index (κ3) is 3.24. The van der Waals surface area contributed by atoms with Crippen molar-refractivity contribution in [2.24, 2.45) is 11.8 Å². The first kappa shape index (κ1) is 15.5. The largest absolute Gasteiger partial charge is 0.493 e. The van der Waals surface area contributed by atoms with Crippen LogP contribution in [0.5, 0.6) is 11.5 Å². The van der Waals surface area contributed by atoms with E-state index in [0.29, 0.717) is 28.4 Å². The molecule has 0 amide bonds. The van der Waals surface area contributed by atoms with Crippen molar-refractivity contribution in [1.82, 2.24) is 0 Å². The lowest BCUT2D eigenvalue weighted by Crippen LogP contribution is -2.11. The minimum absolute atomic E-state index is 0.141. The number of ether oxygens (including phenoxy) is 2. The first-order valence-electron chi connectivity index (χ1n) is 5.97. The summed E-state index contributed by atoms with van der Waals surface area (Å²) in [7, 11) is 3.19. The van der Waals surface area contributed by atoms with Gasteiger partial charge in [0.2, 0.25) is 0 Å². The summed E-state index contributed by atoms with van der Waals surface area (Å²) in [5.74, 6) is 2.07. The van der Waals surface area contributed by atoms with Crippen molar-refractivity contribution in [2.75, 3.05) is 14.2 Å². The van der Waals surface area contributed by atoms with Crippen LogP contribution in [0.25, 0.3) is 0 Å². The van der Waals surface area contributed by atoms with E-state index in [4.69, 9.17) is 32.7 Å². The Morgan fingerprint density at radius 3 is 1.94 bits per heavy atom. The Hall–Kier alpha value is -0.600. The summed E-state index contributed by atoms with van der Waals surface area (Å²) in [4.78, 5) is 0. The Labute approximate surface area is 119 Å². The molecule has 0 aromatic heterocycles. The topological polar surface area (TPSA) is 18.5 Å². The highest BCUT2D eigenvalue weighted by Crippen LogP contribution is 2.42. The second-order valence-electron chi connectivity index (χ2n) is 4.73. The average Bonchev–Trinajstić information content (AvgIpc) is 2.36. The summed E-state index contributed by atoms with van der Waals surface area (Å²) in [6, 6.07) is 3.61. The number of alkyl halides is 1. The number of halogens is 2. The van der Waals surface area contributed by atoms with E-state index in [1.54, 1.807) is 20.3 Å². The fourth-order valence-corrected chi connectivity index (χ4v) is 2.50. The predicted octanol–water partition coefficient (Wildman–Crippen LogP) is 4.93. The molecule has 0 saturated heterocycles. The molecule has 0 fully saturated rings. The van der Waals surface area contributed by atoms with Gasteiger partial charge in [-0.1, -0.05) is 32.4 Å². The van der Waals surface area contributed by atoms with E-state index in [-0.39, 0.29) is 5.38 Å². The quantitative estimate of drug-likeness (QED) is 0.716. The highest BCUT2D eigenvalue weighted by molar-refractivity contribution is 6.33. The third-order valence-electron chi connectivity index (χ3n) is 3.31. The average molecular weight is 291 g/mol. The molecule has 1 aromatic carbocycles. The van der Waals surface area contributed by atoms with Gasteiger partial charge in [-0.3, -0.25) is 0 Å². The zero-order valence-corrected chi connectivity index (χ0v) is 13.0. The molecule has 2 nitrogen and oxygen atoms in total. The minimum Gasteiger partial charge on any atom is -0.493 e. The Balaban J connectivity index is 3.16. The summed E-state index contributed by atoms with van der Waals surface area (Å²) < 4.78 is 10.5. The standard InChI is InChI=1S/C14H20Cl2O2/c1-8(2)9(3)14(16)10-6-12(17-4)13(18-5)7-11(10)15/h6-9,14H,1-5H3. The maximum absolute atomic E-state index is 6.50. The molecule has 0 aliphatic heterocycles. The van der Waals surface area contributed by atoms with Gasteiger partial charge in [0, 0.05) is 11.1 Å². The molecule has 1 aromatic rings. The van der Waals surface area contributed by atoms with Crippen molar-refractivity contribution in [3.8, 4) is 11.5 Å². The van der Waals surface area contributed by atoms with E-state index in [1.807, 2.05) is 6.07 Å².